The van der Waals surface area contributed by atoms with Gasteiger partial charge < -0.3 is 4.74 Å². The van der Waals surface area contributed by atoms with Gasteiger partial charge in [-0.15, -0.1) is 0 Å². The predicted octanol–water partition coefficient (Wildman–Crippen LogP) is 4.75. The summed E-state index contributed by atoms with van der Waals surface area (Å²) in [5.41, 5.74) is 0.776. The van der Waals surface area contributed by atoms with E-state index >= 15 is 0 Å². The minimum absolute atomic E-state index is 0.250. The van der Waals surface area contributed by atoms with Crippen LogP contribution in [0.4, 0.5) is 0 Å². The van der Waals surface area contributed by atoms with E-state index < -0.39 is 0 Å². The van der Waals surface area contributed by atoms with E-state index in [0.717, 1.165) is 30.6 Å². The summed E-state index contributed by atoms with van der Waals surface area (Å²) in [6.45, 7) is 6.65. The van der Waals surface area contributed by atoms with Gasteiger partial charge in [-0.1, -0.05) is 25.4 Å². The highest BCUT2D eigenvalue weighted by molar-refractivity contribution is 6.30. The lowest BCUT2D eigenvalue weighted by Crippen LogP contribution is -2.20. The topological polar surface area (TPSA) is 33.0 Å². The Kier molecular flexibility index (Phi) is 5.50. The van der Waals surface area contributed by atoms with Crippen LogP contribution >= 0.6 is 11.6 Å². The maximum Gasteiger partial charge on any atom is 0.122 e. The number of hydrogen-bond acceptors (Lipinski definition) is 2. The molecule has 0 N–H and O–H groups in total. The summed E-state index contributed by atoms with van der Waals surface area (Å²) < 4.78 is 5.74. The molecule has 0 aliphatic rings. The largest absolute Gasteiger partial charge is 0.493 e. The quantitative estimate of drug-likeness (QED) is 0.744. The third-order valence-electron chi connectivity index (χ3n) is 3.57. The van der Waals surface area contributed by atoms with Crippen LogP contribution < -0.4 is 4.74 Å². The van der Waals surface area contributed by atoms with Gasteiger partial charge >= 0.3 is 0 Å². The summed E-state index contributed by atoms with van der Waals surface area (Å²) in [6.07, 6.45) is 2.49. The van der Waals surface area contributed by atoms with Crippen molar-refractivity contribution < 1.29 is 4.74 Å². The molecule has 0 bridgehead atoms. The molecule has 0 spiro atoms. The molecule has 0 saturated heterocycles. The summed E-state index contributed by atoms with van der Waals surface area (Å²) in [7, 11) is 0. The van der Waals surface area contributed by atoms with Gasteiger partial charge in [0, 0.05) is 11.4 Å². The average molecular weight is 266 g/mol. The molecular weight excluding hydrogens is 246 g/mol. The van der Waals surface area contributed by atoms with Gasteiger partial charge in [0.2, 0.25) is 0 Å². The second kappa shape index (κ2) is 6.66. The number of nitrogens with zero attached hydrogens (tertiary/aromatic N) is 1. The van der Waals surface area contributed by atoms with Crippen molar-refractivity contribution in [2.24, 2.45) is 5.41 Å². The lowest BCUT2D eigenvalue weighted by molar-refractivity contribution is 0.230. The van der Waals surface area contributed by atoms with E-state index in [-0.39, 0.29) is 5.41 Å². The van der Waals surface area contributed by atoms with Crippen LogP contribution in [0.25, 0.3) is 0 Å². The Hall–Kier alpha value is -1.20. The zero-order valence-electron chi connectivity index (χ0n) is 11.3. The Morgan fingerprint density at radius 1 is 1.33 bits per heavy atom. The zero-order chi connectivity index (χ0) is 13.6. The lowest BCUT2D eigenvalue weighted by atomic mass is 9.81. The van der Waals surface area contributed by atoms with Gasteiger partial charge in [-0.3, -0.25) is 0 Å². The summed E-state index contributed by atoms with van der Waals surface area (Å²) in [6, 6.07) is 8.01. The molecule has 98 valence electrons. The molecule has 2 nitrogen and oxygen atoms in total. The Morgan fingerprint density at radius 3 is 2.50 bits per heavy atom. The Balaban J connectivity index is 2.59. The summed E-state index contributed by atoms with van der Waals surface area (Å²) in [5.74, 6) is 0.846. The van der Waals surface area contributed by atoms with Crippen LogP contribution in [-0.2, 0) is 0 Å². The highest BCUT2D eigenvalue weighted by Crippen LogP contribution is 2.30. The zero-order valence-corrected chi connectivity index (χ0v) is 12.0. The molecule has 1 rings (SSSR count). The molecule has 0 atom stereocenters. The molecule has 0 fully saturated rings. The van der Waals surface area contributed by atoms with Gasteiger partial charge in [-0.05, 0) is 43.5 Å². The van der Waals surface area contributed by atoms with Crippen LogP contribution in [0.5, 0.6) is 5.75 Å². The number of rotatable bonds is 6. The fourth-order valence-corrected chi connectivity index (χ4v) is 2.18. The van der Waals surface area contributed by atoms with Crippen molar-refractivity contribution in [3.63, 3.8) is 0 Å². The number of benzene rings is 1. The van der Waals surface area contributed by atoms with Gasteiger partial charge in [0.25, 0.3) is 0 Å². The number of aryl methyl sites for hydroxylation is 1. The number of nitriles is 1. The van der Waals surface area contributed by atoms with E-state index in [1.54, 1.807) is 0 Å². The third-order valence-corrected chi connectivity index (χ3v) is 3.80. The van der Waals surface area contributed by atoms with Crippen molar-refractivity contribution in [1.82, 2.24) is 0 Å². The van der Waals surface area contributed by atoms with Crippen molar-refractivity contribution in [1.29, 1.82) is 5.26 Å². The molecule has 3 heteroatoms. The number of halogens is 1. The molecule has 1 aromatic rings. The first-order chi connectivity index (χ1) is 8.56. The fraction of sp³-hybridized carbons (Fsp3) is 0.533. The van der Waals surface area contributed by atoms with Crippen LogP contribution in [0, 0.1) is 23.7 Å². The van der Waals surface area contributed by atoms with Crippen LogP contribution in [0.2, 0.25) is 5.02 Å². The molecule has 0 aliphatic carbocycles. The van der Waals surface area contributed by atoms with Crippen molar-refractivity contribution in [3.05, 3.63) is 28.8 Å². The van der Waals surface area contributed by atoms with Crippen LogP contribution in [-0.4, -0.2) is 6.61 Å². The van der Waals surface area contributed by atoms with Crippen molar-refractivity contribution in [3.8, 4) is 11.8 Å². The Bertz CT molecular complexity index is 433. The van der Waals surface area contributed by atoms with Gasteiger partial charge in [-0.25, -0.2) is 0 Å². The lowest BCUT2D eigenvalue weighted by Gasteiger charge is -2.23. The van der Waals surface area contributed by atoms with E-state index in [0.29, 0.717) is 11.6 Å². The van der Waals surface area contributed by atoms with Gasteiger partial charge in [0.15, 0.2) is 0 Å². The molecule has 0 heterocycles. The molecule has 0 unspecified atom stereocenters. The molecule has 0 aromatic heterocycles. The highest BCUT2D eigenvalue weighted by Gasteiger charge is 2.25. The Labute approximate surface area is 115 Å². The molecule has 18 heavy (non-hydrogen) atoms. The number of ether oxygens (including phenoxy) is 1. The van der Waals surface area contributed by atoms with Gasteiger partial charge in [0.1, 0.15) is 5.75 Å². The first kappa shape index (κ1) is 14.9. The summed E-state index contributed by atoms with van der Waals surface area (Å²) in [5, 5.41) is 9.96. The van der Waals surface area contributed by atoms with Gasteiger partial charge in [0.05, 0.1) is 18.1 Å². The normalized spacial score (nSPS) is 11.1. The van der Waals surface area contributed by atoms with Crippen LogP contribution in [0.15, 0.2) is 18.2 Å². The SMILES string of the molecule is CCC(C#N)(CC)CCOc1ccc(Cl)cc1C. The minimum Gasteiger partial charge on any atom is -0.493 e. The summed E-state index contributed by atoms with van der Waals surface area (Å²) in [4.78, 5) is 0. The monoisotopic (exact) mass is 265 g/mol. The molecule has 0 saturated carbocycles. The predicted molar refractivity (Wildman–Crippen MR) is 74.9 cm³/mol. The standard InChI is InChI=1S/C15H20ClNO/c1-4-15(5-2,11-17)8-9-18-14-7-6-13(16)10-12(14)3/h6-7,10H,4-5,8-9H2,1-3H3. The highest BCUT2D eigenvalue weighted by atomic mass is 35.5. The Morgan fingerprint density at radius 2 is 2.00 bits per heavy atom. The molecule has 0 radical (unpaired) electrons. The van der Waals surface area contributed by atoms with E-state index in [4.69, 9.17) is 16.3 Å². The third kappa shape index (κ3) is 3.65. The second-order valence-electron chi connectivity index (χ2n) is 4.61. The van der Waals surface area contributed by atoms with E-state index in [9.17, 15) is 5.26 Å². The van der Waals surface area contributed by atoms with E-state index in [2.05, 4.69) is 19.9 Å². The molecule has 0 aliphatic heterocycles. The maximum atomic E-state index is 9.24. The smallest absolute Gasteiger partial charge is 0.122 e. The van der Waals surface area contributed by atoms with Crippen LogP contribution in [0.1, 0.15) is 38.7 Å². The molecular formula is C15H20ClNO. The van der Waals surface area contributed by atoms with Crippen molar-refractivity contribution in [2.45, 2.75) is 40.0 Å². The number of hydrogen-bond donors (Lipinski definition) is 0. The molecule has 0 amide bonds. The van der Waals surface area contributed by atoms with E-state index in [1.165, 1.54) is 0 Å². The first-order valence-corrected chi connectivity index (χ1v) is 6.75. The summed E-state index contributed by atoms with van der Waals surface area (Å²) >= 11 is 5.89. The average Bonchev–Trinajstić information content (AvgIpc) is 2.38. The minimum atomic E-state index is -0.250. The maximum absolute atomic E-state index is 9.24. The first-order valence-electron chi connectivity index (χ1n) is 6.37. The fourth-order valence-electron chi connectivity index (χ4n) is 1.95. The van der Waals surface area contributed by atoms with Crippen molar-refractivity contribution in [2.75, 3.05) is 6.61 Å². The molecule has 1 aromatic carbocycles. The van der Waals surface area contributed by atoms with Gasteiger partial charge in [-0.2, -0.15) is 5.26 Å². The van der Waals surface area contributed by atoms with Crippen LogP contribution in [0.3, 0.4) is 0 Å². The van der Waals surface area contributed by atoms with Crippen molar-refractivity contribution >= 4 is 11.6 Å². The van der Waals surface area contributed by atoms with E-state index in [1.807, 2.05) is 25.1 Å². The second-order valence-corrected chi connectivity index (χ2v) is 5.04.